The molecule has 4 atom stereocenters. The molecule has 2 fully saturated rings. The highest BCUT2D eigenvalue weighted by atomic mass is 16.4. The topological polar surface area (TPSA) is 154 Å². The average Bonchev–Trinajstić information content (AvgIpc) is 3.43. The van der Waals surface area contributed by atoms with Gasteiger partial charge in [-0.1, -0.05) is 13.8 Å². The highest BCUT2D eigenvalue weighted by molar-refractivity contribution is 5.94. The van der Waals surface area contributed by atoms with Crippen molar-refractivity contribution in [2.75, 3.05) is 19.6 Å². The summed E-state index contributed by atoms with van der Waals surface area (Å²) in [5.74, 6) is -1.88. The maximum Gasteiger partial charge on any atom is 0.326 e. The summed E-state index contributed by atoms with van der Waals surface area (Å²) in [5.41, 5.74) is 5.58. The molecule has 0 saturated carbocycles. The number of unbranched alkanes of at least 4 members (excludes halogenated alkanes) is 1. The van der Waals surface area contributed by atoms with Crippen molar-refractivity contribution in [2.24, 2.45) is 11.7 Å². The molecule has 3 amide bonds. The number of rotatable bonds is 12. The minimum Gasteiger partial charge on any atom is -0.480 e. The van der Waals surface area contributed by atoms with Gasteiger partial charge in [-0.2, -0.15) is 0 Å². The number of nitrogens with zero attached hydrogens (tertiary/aromatic N) is 1. The minimum absolute atomic E-state index is 0.156. The molecule has 2 rings (SSSR count). The smallest absolute Gasteiger partial charge is 0.326 e. The second kappa shape index (κ2) is 12.7. The fraction of sp³-hybridized carbons (Fsp3) is 0.818. The van der Waals surface area contributed by atoms with E-state index < -0.39 is 30.0 Å². The van der Waals surface area contributed by atoms with Gasteiger partial charge < -0.3 is 31.7 Å². The molecule has 10 nitrogen and oxygen atoms in total. The van der Waals surface area contributed by atoms with E-state index in [1.165, 1.54) is 4.90 Å². The van der Waals surface area contributed by atoms with Crippen molar-refractivity contribution in [3.8, 4) is 0 Å². The van der Waals surface area contributed by atoms with Crippen LogP contribution in [0.3, 0.4) is 0 Å². The lowest BCUT2D eigenvalue weighted by Gasteiger charge is -2.29. The van der Waals surface area contributed by atoms with E-state index in [9.17, 15) is 24.3 Å². The maximum atomic E-state index is 13.2. The quantitative estimate of drug-likeness (QED) is 0.260. The van der Waals surface area contributed by atoms with Crippen LogP contribution in [-0.2, 0) is 19.2 Å². The van der Waals surface area contributed by atoms with Crippen molar-refractivity contribution >= 4 is 23.7 Å². The number of amides is 3. The fourth-order valence-corrected chi connectivity index (χ4v) is 4.39. The van der Waals surface area contributed by atoms with Gasteiger partial charge >= 0.3 is 5.97 Å². The van der Waals surface area contributed by atoms with Crippen molar-refractivity contribution in [3.63, 3.8) is 0 Å². The van der Waals surface area contributed by atoms with E-state index in [-0.39, 0.29) is 23.8 Å². The predicted molar refractivity (Wildman–Crippen MR) is 120 cm³/mol. The van der Waals surface area contributed by atoms with E-state index in [0.717, 1.165) is 19.4 Å². The fourth-order valence-electron chi connectivity index (χ4n) is 4.39. The second-order valence-corrected chi connectivity index (χ2v) is 9.21. The molecule has 2 aliphatic heterocycles. The molecule has 0 aromatic heterocycles. The van der Waals surface area contributed by atoms with E-state index in [1.807, 2.05) is 13.8 Å². The Kier molecular flexibility index (Phi) is 10.4. The molecule has 10 heteroatoms. The van der Waals surface area contributed by atoms with Crippen molar-refractivity contribution in [1.29, 1.82) is 0 Å². The summed E-state index contributed by atoms with van der Waals surface area (Å²) >= 11 is 0. The summed E-state index contributed by atoms with van der Waals surface area (Å²) in [5, 5.41) is 18.2. The van der Waals surface area contributed by atoms with E-state index in [0.29, 0.717) is 51.6 Å². The molecule has 0 aromatic rings. The third-order valence-corrected chi connectivity index (χ3v) is 6.10. The Hall–Kier alpha value is -2.20. The van der Waals surface area contributed by atoms with Crippen LogP contribution in [0, 0.1) is 5.92 Å². The first-order valence-electron chi connectivity index (χ1n) is 11.8. The molecule has 182 valence electrons. The van der Waals surface area contributed by atoms with Crippen molar-refractivity contribution < 1.29 is 24.3 Å². The van der Waals surface area contributed by atoms with Crippen LogP contribution in [0.5, 0.6) is 0 Å². The normalized spacial score (nSPS) is 22.6. The summed E-state index contributed by atoms with van der Waals surface area (Å²) in [6.45, 7) is 5.53. The van der Waals surface area contributed by atoms with Crippen molar-refractivity contribution in [1.82, 2.24) is 20.9 Å². The number of hydrogen-bond donors (Lipinski definition) is 5. The van der Waals surface area contributed by atoms with Gasteiger partial charge in [-0.05, 0) is 70.4 Å². The van der Waals surface area contributed by atoms with Gasteiger partial charge in [-0.3, -0.25) is 14.4 Å². The van der Waals surface area contributed by atoms with Gasteiger partial charge in [-0.25, -0.2) is 4.79 Å². The summed E-state index contributed by atoms with van der Waals surface area (Å²) in [6.07, 6.45) is 4.81. The van der Waals surface area contributed by atoms with Gasteiger partial charge in [0.2, 0.25) is 17.7 Å². The van der Waals surface area contributed by atoms with Gasteiger partial charge in [0.1, 0.15) is 18.1 Å². The third kappa shape index (κ3) is 7.44. The first-order chi connectivity index (χ1) is 15.2. The van der Waals surface area contributed by atoms with Crippen LogP contribution < -0.4 is 21.7 Å². The number of nitrogens with one attached hydrogen (secondary N) is 3. The highest BCUT2D eigenvalue weighted by Gasteiger charge is 2.38. The molecule has 2 saturated heterocycles. The van der Waals surface area contributed by atoms with Crippen LogP contribution in [-0.4, -0.2) is 77.5 Å². The largest absolute Gasteiger partial charge is 0.480 e. The zero-order valence-electron chi connectivity index (χ0n) is 19.3. The predicted octanol–water partition coefficient (Wildman–Crippen LogP) is -0.0413. The second-order valence-electron chi connectivity index (χ2n) is 9.21. The number of likely N-dealkylation sites (tertiary alicyclic amines) is 1. The Morgan fingerprint density at radius 2 is 1.84 bits per heavy atom. The molecule has 32 heavy (non-hydrogen) atoms. The number of hydrogen-bond acceptors (Lipinski definition) is 6. The number of aliphatic carboxylic acids is 1. The zero-order valence-corrected chi connectivity index (χ0v) is 19.3. The average molecular weight is 454 g/mol. The SMILES string of the molecule is CC(C)CC(NC(=O)C1CCCN1)C(=O)NC(CCCCN)C(=O)N1CCCC1C(=O)O. The lowest BCUT2D eigenvalue weighted by molar-refractivity contribution is -0.149. The van der Waals surface area contributed by atoms with Gasteiger partial charge in [0, 0.05) is 6.54 Å². The first-order valence-corrected chi connectivity index (χ1v) is 11.8. The van der Waals surface area contributed by atoms with Gasteiger partial charge in [0.05, 0.1) is 6.04 Å². The van der Waals surface area contributed by atoms with Gasteiger partial charge in [-0.15, -0.1) is 0 Å². The number of carbonyl (C=O) groups is 4. The van der Waals surface area contributed by atoms with Crippen LogP contribution in [0.1, 0.15) is 65.2 Å². The van der Waals surface area contributed by atoms with Crippen molar-refractivity contribution in [2.45, 2.75) is 89.4 Å². The molecule has 2 aliphatic rings. The van der Waals surface area contributed by atoms with Crippen LogP contribution >= 0.6 is 0 Å². The number of carboxylic acid groups (broad SMARTS) is 1. The molecule has 4 unspecified atom stereocenters. The molecule has 0 aromatic carbocycles. The number of carbonyl (C=O) groups excluding carboxylic acids is 3. The first kappa shape index (κ1) is 26.1. The van der Waals surface area contributed by atoms with Crippen LogP contribution in [0.15, 0.2) is 0 Å². The lowest BCUT2D eigenvalue weighted by Crippen LogP contribution is -2.57. The summed E-state index contributed by atoms with van der Waals surface area (Å²) in [4.78, 5) is 51.8. The van der Waals surface area contributed by atoms with E-state index in [4.69, 9.17) is 5.73 Å². The molecular weight excluding hydrogens is 414 g/mol. The van der Waals surface area contributed by atoms with Crippen molar-refractivity contribution in [3.05, 3.63) is 0 Å². The third-order valence-electron chi connectivity index (χ3n) is 6.10. The molecule has 0 spiro atoms. The summed E-state index contributed by atoms with van der Waals surface area (Å²) in [6, 6.07) is -2.77. The zero-order chi connectivity index (χ0) is 23.7. The molecule has 0 bridgehead atoms. The van der Waals surface area contributed by atoms with E-state index in [2.05, 4.69) is 16.0 Å². The Balaban J connectivity index is 2.10. The maximum absolute atomic E-state index is 13.2. The molecule has 0 radical (unpaired) electrons. The monoisotopic (exact) mass is 453 g/mol. The van der Waals surface area contributed by atoms with Crippen LogP contribution in [0.25, 0.3) is 0 Å². The van der Waals surface area contributed by atoms with Crippen LogP contribution in [0.2, 0.25) is 0 Å². The molecule has 2 heterocycles. The summed E-state index contributed by atoms with van der Waals surface area (Å²) < 4.78 is 0. The Morgan fingerprint density at radius 1 is 1.09 bits per heavy atom. The molecule has 0 aliphatic carbocycles. The Bertz CT molecular complexity index is 665. The van der Waals surface area contributed by atoms with E-state index in [1.54, 1.807) is 0 Å². The highest BCUT2D eigenvalue weighted by Crippen LogP contribution is 2.20. The van der Waals surface area contributed by atoms with Crippen LogP contribution in [0.4, 0.5) is 0 Å². The van der Waals surface area contributed by atoms with Gasteiger partial charge in [0.25, 0.3) is 0 Å². The molecular formula is C22H39N5O5. The number of carboxylic acids is 1. The number of nitrogens with two attached hydrogens (primary N) is 1. The lowest BCUT2D eigenvalue weighted by atomic mass is 10.0. The Morgan fingerprint density at radius 3 is 2.44 bits per heavy atom. The minimum atomic E-state index is -1.03. The van der Waals surface area contributed by atoms with Gasteiger partial charge in [0.15, 0.2) is 0 Å². The standard InChI is InChI=1S/C22H39N5O5/c1-14(2)13-17(26-19(28)15-8-5-11-24-15)20(29)25-16(7-3-4-10-23)21(30)27-12-6-9-18(27)22(31)32/h14-18,24H,3-13,23H2,1-2H3,(H,25,29)(H,26,28)(H,31,32). The summed E-state index contributed by atoms with van der Waals surface area (Å²) in [7, 11) is 0. The molecule has 6 N–H and O–H groups in total. The van der Waals surface area contributed by atoms with E-state index >= 15 is 0 Å². The Labute approximate surface area is 190 Å².